The molecule has 6 aromatic rings. The molecule has 2 saturated heterocycles. The molecule has 2 fully saturated rings. The highest BCUT2D eigenvalue weighted by Gasteiger charge is 2.49. The molecule has 0 aromatic carbocycles. The molecule has 1 N–H and O–H groups in total. The van der Waals surface area contributed by atoms with Crippen molar-refractivity contribution in [1.29, 1.82) is 0 Å². The highest BCUT2D eigenvalue weighted by molar-refractivity contribution is 8.13. The van der Waals surface area contributed by atoms with Crippen molar-refractivity contribution < 1.29 is 61.5 Å². The lowest BCUT2D eigenvalue weighted by Crippen LogP contribution is -2.44. The second-order valence-corrected chi connectivity index (χ2v) is 23.0. The monoisotopic (exact) mass is 1210 g/mol. The number of aromatic nitrogens is 8. The molecule has 30 heteroatoms. The number of rotatable bonds is 13. The highest BCUT2D eigenvalue weighted by Crippen LogP contribution is 2.35. The predicted molar refractivity (Wildman–Crippen MR) is 273 cm³/mol. The van der Waals surface area contributed by atoms with E-state index in [1.807, 2.05) is 6.92 Å². The first-order chi connectivity index (χ1) is 35.9. The van der Waals surface area contributed by atoms with Crippen molar-refractivity contribution in [3.63, 3.8) is 0 Å². The molecule has 0 bridgehead atoms. The van der Waals surface area contributed by atoms with Crippen molar-refractivity contribution in [2.45, 2.75) is 125 Å². The first-order valence-corrected chi connectivity index (χ1v) is 27.4. The number of hydrogen-bond donors (Lipinski definition) is 1. The average Bonchev–Trinajstić information content (AvgIpc) is 3.91. The van der Waals surface area contributed by atoms with Crippen molar-refractivity contribution in [3.05, 3.63) is 130 Å². The van der Waals surface area contributed by atoms with E-state index in [4.69, 9.17) is 33.9 Å². The van der Waals surface area contributed by atoms with E-state index in [0.29, 0.717) is 34.5 Å². The van der Waals surface area contributed by atoms with Crippen LogP contribution in [-0.4, -0.2) is 109 Å². The largest absolute Gasteiger partial charge is 0.451 e. The zero-order chi connectivity index (χ0) is 56.8. The number of hydrogen-bond acceptors (Lipinski definition) is 15. The van der Waals surface area contributed by atoms with Crippen molar-refractivity contribution in [1.82, 2.24) is 49.5 Å². The van der Waals surface area contributed by atoms with Gasteiger partial charge in [-0.05, 0) is 87.1 Å². The summed E-state index contributed by atoms with van der Waals surface area (Å²) in [6.45, 7) is 6.70. The average molecular weight is 1220 g/mol. The fourth-order valence-electron chi connectivity index (χ4n) is 8.00. The van der Waals surface area contributed by atoms with Gasteiger partial charge in [0, 0.05) is 116 Å². The summed E-state index contributed by atoms with van der Waals surface area (Å²) < 4.78 is 153. The molecule has 8 rings (SSSR count). The topological polar surface area (TPSA) is 221 Å². The smallest absolute Gasteiger partial charge is 0.302 e. The summed E-state index contributed by atoms with van der Waals surface area (Å²) in [5.41, 5.74) is 4.43. The molecule has 8 heterocycles. The third-order valence-corrected chi connectivity index (χ3v) is 15.9. The lowest BCUT2D eigenvalue weighted by Gasteiger charge is -2.26. The Balaban J connectivity index is 0.000000245. The Hall–Kier alpha value is -5.48. The number of aryl methyl sites for hydroxylation is 4. The van der Waals surface area contributed by atoms with Gasteiger partial charge in [0.05, 0.1) is 39.6 Å². The zero-order valence-corrected chi connectivity index (χ0v) is 45.9. The first kappa shape index (κ1) is 63.4. The van der Waals surface area contributed by atoms with Crippen LogP contribution in [-0.2, 0) is 53.9 Å². The van der Waals surface area contributed by atoms with Crippen molar-refractivity contribution >= 4 is 76.9 Å². The fourth-order valence-corrected chi connectivity index (χ4v) is 11.0. The van der Waals surface area contributed by atoms with Gasteiger partial charge in [0.2, 0.25) is 21.7 Å². The fraction of sp³-hybridized carbons (Fsp3) is 0.375. The van der Waals surface area contributed by atoms with Crippen LogP contribution in [0.2, 0.25) is 10.0 Å². The molecule has 6 aromatic heterocycles. The zero-order valence-electron chi connectivity index (χ0n) is 41.1. The van der Waals surface area contributed by atoms with Gasteiger partial charge in [0.1, 0.15) is 27.9 Å². The summed E-state index contributed by atoms with van der Waals surface area (Å²) >= 11 is 11.4. The predicted octanol–water partition coefficient (Wildman–Crippen LogP) is 10.1. The van der Waals surface area contributed by atoms with Gasteiger partial charge in [-0.15, -0.1) is 12.4 Å². The molecular formula is C48H46Cl4F8N10O6S2. The normalized spacial score (nSPS) is 19.7. The van der Waals surface area contributed by atoms with Gasteiger partial charge in [-0.25, -0.2) is 45.6 Å². The van der Waals surface area contributed by atoms with Gasteiger partial charge in [0.25, 0.3) is 9.05 Å². The van der Waals surface area contributed by atoms with E-state index >= 15 is 0 Å². The summed E-state index contributed by atoms with van der Waals surface area (Å²) in [6.07, 6.45) is 0.903. The maximum absolute atomic E-state index is 14.7. The van der Waals surface area contributed by atoms with E-state index in [0.717, 1.165) is 52.6 Å². The number of Topliss-reactive ketones (excluding diaryl/α,β-unsaturated/α-hetero) is 2. The SMILES string of the molecule is Cc1cnc(-c2cnc(C(F)(F)F)nc2)cc1CCC(=O)[C@@H]1C[C@@H](F)[C@H](C)N1.Cc1cnc(-c2cnc(C(F)(F)F)nc2)cc1CCC(=O)[C@@H]1C[C@@H](F)[C@H](C)N1S(=O)(=O)c1cncc(Cl)c1.Cl.O=S(=O)(Cl)c1cncc(Cl)c1. The number of pyridine rings is 4. The number of alkyl halides is 8. The van der Waals surface area contributed by atoms with Crippen LogP contribution in [0.15, 0.2) is 96.0 Å². The molecule has 0 saturated carbocycles. The maximum atomic E-state index is 14.7. The maximum Gasteiger partial charge on any atom is 0.451 e. The van der Waals surface area contributed by atoms with Crippen LogP contribution >= 0.6 is 46.3 Å². The van der Waals surface area contributed by atoms with Crippen molar-refractivity contribution in [2.24, 2.45) is 0 Å². The minimum atomic E-state index is -4.67. The lowest BCUT2D eigenvalue weighted by atomic mass is 9.99. The van der Waals surface area contributed by atoms with E-state index in [-0.39, 0.29) is 81.7 Å². The molecule has 2 aliphatic rings. The second kappa shape index (κ2) is 26.2. The quantitative estimate of drug-likeness (QED) is 0.0839. The van der Waals surface area contributed by atoms with Crippen LogP contribution in [0.1, 0.15) is 73.4 Å². The summed E-state index contributed by atoms with van der Waals surface area (Å²) in [5, 5.41) is 3.29. The van der Waals surface area contributed by atoms with E-state index < -0.39 is 79.3 Å². The minimum Gasteiger partial charge on any atom is -0.302 e. The third-order valence-electron chi connectivity index (χ3n) is 12.2. The van der Waals surface area contributed by atoms with Crippen LogP contribution in [0, 0.1) is 13.8 Å². The molecule has 78 heavy (non-hydrogen) atoms. The van der Waals surface area contributed by atoms with Gasteiger partial charge in [0.15, 0.2) is 5.78 Å². The number of ketones is 2. The first-order valence-electron chi connectivity index (χ1n) is 22.9. The molecule has 2 aliphatic heterocycles. The Labute approximate surface area is 463 Å². The standard InChI is InChI=1S/C24H22ClF4N5O3S.C19H20F4N4O.C5H3Cl2NO2S.ClH/c1-13-8-31-20(16-9-32-23(33-10-16)24(27,28)29)5-15(13)3-4-22(35)21-7-19(26)14(2)34(21)38(36,37)18-6-17(25)11-30-12-18;1-10-7-24-15(13-8-25-18(26-9-13)19(21,22)23)5-12(10)3-4-17(28)16-6-14(20)11(2)27-16;6-4-1-5(3-8-2-4)11(7,9)10;/h5-6,8-12,14,19,21H,3-4,7H2,1-2H3;5,7-9,11,14,16,27H,3-4,6H2,1-2H3;1-3H;1H/t14-,19+,21-;11-,14+,16-;;/m00../s1. The summed E-state index contributed by atoms with van der Waals surface area (Å²) in [7, 11) is -2.96. The minimum absolute atomic E-state index is 0. The third kappa shape index (κ3) is 16.3. The van der Waals surface area contributed by atoms with Gasteiger partial charge in [-0.3, -0.25) is 29.5 Å². The number of nitrogens with one attached hydrogen (secondary N) is 1. The Kier molecular flexibility index (Phi) is 21.3. The summed E-state index contributed by atoms with van der Waals surface area (Å²) in [6, 6.07) is 2.66. The highest BCUT2D eigenvalue weighted by atomic mass is 35.7. The van der Waals surface area contributed by atoms with E-state index in [1.165, 1.54) is 37.6 Å². The Morgan fingerprint density at radius 3 is 1.46 bits per heavy atom. The van der Waals surface area contributed by atoms with Crippen LogP contribution in [0.4, 0.5) is 35.1 Å². The van der Waals surface area contributed by atoms with Crippen LogP contribution < -0.4 is 5.32 Å². The van der Waals surface area contributed by atoms with Crippen LogP contribution in [0.3, 0.4) is 0 Å². The molecule has 0 aliphatic carbocycles. The van der Waals surface area contributed by atoms with Crippen LogP contribution in [0.25, 0.3) is 22.5 Å². The summed E-state index contributed by atoms with van der Waals surface area (Å²) in [4.78, 5) is 54.3. The molecule has 0 unspecified atom stereocenters. The van der Waals surface area contributed by atoms with Crippen molar-refractivity contribution in [2.75, 3.05) is 0 Å². The van der Waals surface area contributed by atoms with Gasteiger partial charge >= 0.3 is 12.4 Å². The summed E-state index contributed by atoms with van der Waals surface area (Å²) in [5.74, 6) is -3.00. The van der Waals surface area contributed by atoms with E-state index in [2.05, 4.69) is 45.2 Å². The Morgan fingerprint density at radius 1 is 0.628 bits per heavy atom. The molecule has 16 nitrogen and oxygen atoms in total. The molecule has 420 valence electrons. The van der Waals surface area contributed by atoms with Gasteiger partial charge in [-0.2, -0.15) is 30.6 Å². The number of carbonyl (C=O) groups excluding carboxylic acids is 2. The van der Waals surface area contributed by atoms with E-state index in [1.54, 1.807) is 32.2 Å². The molecule has 0 radical (unpaired) electrons. The number of sulfonamides is 1. The van der Waals surface area contributed by atoms with Gasteiger partial charge < -0.3 is 5.32 Å². The van der Waals surface area contributed by atoms with E-state index in [9.17, 15) is 61.5 Å². The molecular weight excluding hydrogens is 1170 g/mol. The number of carbonyl (C=O) groups is 2. The van der Waals surface area contributed by atoms with Gasteiger partial charge in [-0.1, -0.05) is 23.2 Å². The Morgan fingerprint density at radius 2 is 1.06 bits per heavy atom. The number of nitrogens with zero attached hydrogens (tertiary/aromatic N) is 9. The molecule has 0 spiro atoms. The second-order valence-electron chi connectivity index (χ2n) is 17.7. The van der Waals surface area contributed by atoms with Crippen LogP contribution in [0.5, 0.6) is 0 Å². The number of halogens is 12. The Bertz CT molecular complexity index is 3310. The van der Waals surface area contributed by atoms with Crippen molar-refractivity contribution in [3.8, 4) is 22.5 Å². The lowest BCUT2D eigenvalue weighted by molar-refractivity contribution is -0.145. The molecule has 0 amide bonds. The molecule has 6 atom stereocenters.